The minimum Gasteiger partial charge on any atom is -0.495 e. The number of Topliss-reactive ketones (excluding diaryl/α,β-unsaturated/α-hetero) is 1. The fraction of sp³-hybridized carbons (Fsp3) is 0.200. The van der Waals surface area contributed by atoms with Gasteiger partial charge in [0.05, 0.1) is 13.3 Å². The predicted molar refractivity (Wildman–Crippen MR) is 71.3 cm³/mol. The van der Waals surface area contributed by atoms with Crippen LogP contribution in [0, 0.1) is 0 Å². The number of carbonyl (C=O) groups excluding carboxylic acids is 1. The lowest BCUT2D eigenvalue weighted by atomic mass is 10.0. The van der Waals surface area contributed by atoms with E-state index in [0.29, 0.717) is 11.3 Å². The Hall–Kier alpha value is -2.20. The summed E-state index contributed by atoms with van der Waals surface area (Å²) in [6, 6.07) is 11.0. The van der Waals surface area contributed by atoms with Gasteiger partial charge in [-0.25, -0.2) is 0 Å². The molecule has 0 spiro atoms. The molecule has 4 heteroatoms. The van der Waals surface area contributed by atoms with E-state index in [1.165, 1.54) is 20.4 Å². The molecule has 1 heterocycles. The second-order valence-corrected chi connectivity index (χ2v) is 4.00. The maximum Gasteiger partial charge on any atom is 0.197 e. The largest absolute Gasteiger partial charge is 0.495 e. The number of pyridine rings is 1. The van der Waals surface area contributed by atoms with Crippen molar-refractivity contribution in [3.63, 3.8) is 0 Å². The van der Waals surface area contributed by atoms with Crippen LogP contribution in [-0.4, -0.2) is 25.0 Å². The van der Waals surface area contributed by atoms with Crippen LogP contribution < -0.4 is 4.74 Å². The molecule has 4 nitrogen and oxygen atoms in total. The zero-order valence-corrected chi connectivity index (χ0v) is 10.9. The van der Waals surface area contributed by atoms with Crippen molar-refractivity contribution in [2.75, 3.05) is 14.2 Å². The molecule has 2 rings (SSSR count). The Bertz CT molecular complexity index is 554. The van der Waals surface area contributed by atoms with Crippen molar-refractivity contribution in [3.05, 3.63) is 59.9 Å². The van der Waals surface area contributed by atoms with Crippen molar-refractivity contribution in [2.45, 2.75) is 6.10 Å². The Morgan fingerprint density at radius 2 is 1.89 bits per heavy atom. The van der Waals surface area contributed by atoms with E-state index in [1.807, 2.05) is 30.3 Å². The van der Waals surface area contributed by atoms with E-state index in [2.05, 4.69) is 4.98 Å². The molecule has 0 N–H and O–H groups in total. The first-order valence-electron chi connectivity index (χ1n) is 5.87. The summed E-state index contributed by atoms with van der Waals surface area (Å²) in [6.07, 6.45) is 2.44. The zero-order valence-electron chi connectivity index (χ0n) is 10.9. The zero-order chi connectivity index (χ0) is 13.7. The number of hydrogen-bond acceptors (Lipinski definition) is 4. The summed E-state index contributed by atoms with van der Waals surface area (Å²) in [5.74, 6) is 0.411. The molecular weight excluding hydrogens is 242 g/mol. The molecular formula is C15H15NO3. The summed E-state index contributed by atoms with van der Waals surface area (Å²) in [7, 11) is 3.05. The average Bonchev–Trinajstić information content (AvgIpc) is 2.49. The second kappa shape index (κ2) is 6.11. The first-order valence-corrected chi connectivity index (χ1v) is 5.87. The van der Waals surface area contributed by atoms with Crippen LogP contribution in [0.1, 0.15) is 22.0 Å². The molecule has 2 aromatic rings. The lowest BCUT2D eigenvalue weighted by molar-refractivity contribution is 0.0603. The lowest BCUT2D eigenvalue weighted by Crippen LogP contribution is -2.15. The van der Waals surface area contributed by atoms with Gasteiger partial charge in [0, 0.05) is 18.9 Å². The third-order valence-electron chi connectivity index (χ3n) is 2.81. The van der Waals surface area contributed by atoms with Gasteiger partial charge < -0.3 is 9.47 Å². The van der Waals surface area contributed by atoms with Gasteiger partial charge in [-0.15, -0.1) is 0 Å². The predicted octanol–water partition coefficient (Wildman–Crippen LogP) is 2.66. The summed E-state index contributed by atoms with van der Waals surface area (Å²) >= 11 is 0. The highest BCUT2D eigenvalue weighted by atomic mass is 16.5. The summed E-state index contributed by atoms with van der Waals surface area (Å²) < 4.78 is 10.4. The van der Waals surface area contributed by atoms with Crippen LogP contribution in [-0.2, 0) is 4.74 Å². The van der Waals surface area contributed by atoms with Crippen molar-refractivity contribution >= 4 is 5.78 Å². The van der Waals surface area contributed by atoms with Gasteiger partial charge in [0.2, 0.25) is 0 Å². The standard InChI is InChI=1S/C15H15NO3/c1-18-13-8-12(9-16-10-13)14(17)15(19-2)11-6-4-3-5-7-11/h3-10,15H,1-2H3. The van der Waals surface area contributed by atoms with Crippen LogP contribution in [0.2, 0.25) is 0 Å². The Kier molecular flexibility index (Phi) is 4.26. The van der Waals surface area contributed by atoms with E-state index in [0.717, 1.165) is 5.56 Å². The molecule has 0 amide bonds. The number of aromatic nitrogens is 1. The van der Waals surface area contributed by atoms with E-state index in [-0.39, 0.29) is 5.78 Å². The van der Waals surface area contributed by atoms with Crippen molar-refractivity contribution in [3.8, 4) is 5.75 Å². The summed E-state index contributed by atoms with van der Waals surface area (Å²) in [4.78, 5) is 16.4. The Balaban J connectivity index is 2.30. The molecule has 0 saturated carbocycles. The minimum atomic E-state index is -0.630. The first-order chi connectivity index (χ1) is 9.26. The molecule has 0 fully saturated rings. The molecule has 1 aromatic carbocycles. The van der Waals surface area contributed by atoms with E-state index in [1.54, 1.807) is 12.3 Å². The highest BCUT2D eigenvalue weighted by Gasteiger charge is 2.22. The molecule has 1 atom stereocenters. The SMILES string of the molecule is COc1cncc(C(=O)C(OC)c2ccccc2)c1. The van der Waals surface area contributed by atoms with E-state index >= 15 is 0 Å². The maximum absolute atomic E-state index is 12.4. The van der Waals surface area contributed by atoms with Gasteiger partial charge in [-0.2, -0.15) is 0 Å². The monoisotopic (exact) mass is 257 g/mol. The maximum atomic E-state index is 12.4. The Morgan fingerprint density at radius 3 is 2.53 bits per heavy atom. The smallest absolute Gasteiger partial charge is 0.197 e. The number of ketones is 1. The fourth-order valence-corrected chi connectivity index (χ4v) is 1.84. The van der Waals surface area contributed by atoms with E-state index in [9.17, 15) is 4.79 Å². The number of hydrogen-bond donors (Lipinski definition) is 0. The topological polar surface area (TPSA) is 48.4 Å². The van der Waals surface area contributed by atoms with Crippen LogP contribution in [0.3, 0.4) is 0 Å². The second-order valence-electron chi connectivity index (χ2n) is 4.00. The summed E-state index contributed by atoms with van der Waals surface area (Å²) in [6.45, 7) is 0. The molecule has 0 aliphatic rings. The van der Waals surface area contributed by atoms with Gasteiger partial charge in [0.25, 0.3) is 0 Å². The van der Waals surface area contributed by atoms with E-state index in [4.69, 9.17) is 9.47 Å². The number of ether oxygens (including phenoxy) is 2. The summed E-state index contributed by atoms with van der Waals surface area (Å²) in [5, 5.41) is 0. The summed E-state index contributed by atoms with van der Waals surface area (Å²) in [5.41, 5.74) is 1.29. The quantitative estimate of drug-likeness (QED) is 0.773. The molecule has 0 aliphatic carbocycles. The van der Waals surface area contributed by atoms with Gasteiger partial charge >= 0.3 is 0 Å². The van der Waals surface area contributed by atoms with Gasteiger partial charge in [-0.05, 0) is 11.6 Å². The third kappa shape index (κ3) is 2.98. The first kappa shape index (κ1) is 13.2. The van der Waals surface area contributed by atoms with Gasteiger partial charge in [-0.3, -0.25) is 9.78 Å². The average molecular weight is 257 g/mol. The highest BCUT2D eigenvalue weighted by molar-refractivity contribution is 6.00. The van der Waals surface area contributed by atoms with Gasteiger partial charge in [0.15, 0.2) is 5.78 Å². The number of benzene rings is 1. The molecule has 19 heavy (non-hydrogen) atoms. The third-order valence-corrected chi connectivity index (χ3v) is 2.81. The Morgan fingerprint density at radius 1 is 1.16 bits per heavy atom. The van der Waals surface area contributed by atoms with Crippen LogP contribution in [0.4, 0.5) is 0 Å². The number of rotatable bonds is 5. The van der Waals surface area contributed by atoms with Gasteiger partial charge in [0.1, 0.15) is 11.9 Å². The van der Waals surface area contributed by atoms with Crippen molar-refractivity contribution in [2.24, 2.45) is 0 Å². The minimum absolute atomic E-state index is 0.139. The van der Waals surface area contributed by atoms with Crippen molar-refractivity contribution in [1.82, 2.24) is 4.98 Å². The molecule has 98 valence electrons. The van der Waals surface area contributed by atoms with Crippen LogP contribution in [0.25, 0.3) is 0 Å². The van der Waals surface area contributed by atoms with Gasteiger partial charge in [-0.1, -0.05) is 30.3 Å². The van der Waals surface area contributed by atoms with Crippen molar-refractivity contribution in [1.29, 1.82) is 0 Å². The molecule has 0 saturated heterocycles. The number of methoxy groups -OCH3 is 2. The van der Waals surface area contributed by atoms with Crippen LogP contribution in [0.15, 0.2) is 48.8 Å². The lowest BCUT2D eigenvalue weighted by Gasteiger charge is -2.14. The van der Waals surface area contributed by atoms with Crippen LogP contribution >= 0.6 is 0 Å². The van der Waals surface area contributed by atoms with Crippen molar-refractivity contribution < 1.29 is 14.3 Å². The normalized spacial score (nSPS) is 11.9. The van der Waals surface area contributed by atoms with Crippen LogP contribution in [0.5, 0.6) is 5.75 Å². The number of nitrogens with zero attached hydrogens (tertiary/aromatic N) is 1. The molecule has 1 aromatic heterocycles. The number of carbonyl (C=O) groups is 1. The highest BCUT2D eigenvalue weighted by Crippen LogP contribution is 2.22. The van der Waals surface area contributed by atoms with E-state index < -0.39 is 6.10 Å². The Labute approximate surface area is 112 Å². The molecule has 0 aliphatic heterocycles. The fourth-order valence-electron chi connectivity index (χ4n) is 1.84. The molecule has 1 unspecified atom stereocenters. The molecule has 0 radical (unpaired) electrons. The molecule has 0 bridgehead atoms.